The molecule has 0 fully saturated rings. The van der Waals surface area contributed by atoms with Crippen LogP contribution in [0.5, 0.6) is 5.75 Å². The topological polar surface area (TPSA) is 44.8 Å². The molecule has 0 aliphatic rings. The zero-order valence-corrected chi connectivity index (χ0v) is 9.56. The third-order valence-corrected chi connectivity index (χ3v) is 1.93. The van der Waals surface area contributed by atoms with Crippen LogP contribution in [-0.4, -0.2) is 12.8 Å². The van der Waals surface area contributed by atoms with Gasteiger partial charge in [-0.25, -0.2) is 4.79 Å². The maximum absolute atomic E-state index is 11.1. The molecule has 0 radical (unpaired) electrons. The van der Waals surface area contributed by atoms with Crippen molar-refractivity contribution < 1.29 is 19.3 Å². The van der Waals surface area contributed by atoms with Crippen molar-refractivity contribution in [3.63, 3.8) is 0 Å². The zero-order valence-electron chi connectivity index (χ0n) is 9.56. The lowest BCUT2D eigenvalue weighted by Gasteiger charge is -2.04. The molecule has 4 heteroatoms. The minimum atomic E-state index is -0.847. The van der Waals surface area contributed by atoms with Gasteiger partial charge in [0.05, 0.1) is 6.61 Å². The predicted octanol–water partition coefficient (Wildman–Crippen LogP) is 3.24. The molecule has 0 heterocycles. The maximum atomic E-state index is 11.1. The molecule has 1 aromatic rings. The Balaban J connectivity index is 2.26. The largest absolute Gasteiger partial charge is 0.546 e. The SMILES string of the molecule is CCCCOOC(=O)Oc1ccc(C)cc1. The fourth-order valence-corrected chi connectivity index (χ4v) is 1.01. The molecule has 0 bridgehead atoms. The lowest BCUT2D eigenvalue weighted by atomic mass is 10.2. The van der Waals surface area contributed by atoms with Crippen LogP contribution >= 0.6 is 0 Å². The monoisotopic (exact) mass is 224 g/mol. The molecular weight excluding hydrogens is 208 g/mol. The highest BCUT2D eigenvalue weighted by Crippen LogP contribution is 2.12. The van der Waals surface area contributed by atoms with Gasteiger partial charge in [-0.15, -0.1) is 0 Å². The fourth-order valence-electron chi connectivity index (χ4n) is 1.01. The third-order valence-electron chi connectivity index (χ3n) is 1.93. The second-order valence-corrected chi connectivity index (χ2v) is 3.42. The zero-order chi connectivity index (χ0) is 11.8. The highest BCUT2D eigenvalue weighted by Gasteiger charge is 2.06. The standard InChI is InChI=1S/C12H16O4/c1-3-4-9-14-16-12(13)15-11-7-5-10(2)6-8-11/h5-8H,3-4,9H2,1-2H3. The lowest BCUT2D eigenvalue weighted by Crippen LogP contribution is -2.11. The number of hydrogen-bond donors (Lipinski definition) is 0. The van der Waals surface area contributed by atoms with Gasteiger partial charge in [0, 0.05) is 0 Å². The van der Waals surface area contributed by atoms with E-state index in [-0.39, 0.29) is 0 Å². The summed E-state index contributed by atoms with van der Waals surface area (Å²) in [5, 5.41) is 0. The Kier molecular flexibility index (Phi) is 5.36. The van der Waals surface area contributed by atoms with Crippen LogP contribution in [0.15, 0.2) is 24.3 Å². The van der Waals surface area contributed by atoms with Crippen molar-refractivity contribution in [2.45, 2.75) is 26.7 Å². The van der Waals surface area contributed by atoms with Crippen molar-refractivity contribution in [2.75, 3.05) is 6.61 Å². The summed E-state index contributed by atoms with van der Waals surface area (Å²) < 4.78 is 4.86. The number of unbranched alkanes of at least 4 members (excludes halogenated alkanes) is 1. The number of carbonyl (C=O) groups is 1. The van der Waals surface area contributed by atoms with E-state index in [2.05, 4.69) is 9.78 Å². The minimum absolute atomic E-state index is 0.388. The minimum Gasteiger partial charge on any atom is -0.393 e. The maximum Gasteiger partial charge on any atom is 0.546 e. The first kappa shape index (κ1) is 12.5. The van der Waals surface area contributed by atoms with Crippen LogP contribution in [0.1, 0.15) is 25.3 Å². The first-order valence-corrected chi connectivity index (χ1v) is 5.30. The smallest absolute Gasteiger partial charge is 0.393 e. The first-order chi connectivity index (χ1) is 7.72. The van der Waals surface area contributed by atoms with E-state index >= 15 is 0 Å². The van der Waals surface area contributed by atoms with E-state index in [0.717, 1.165) is 18.4 Å². The Morgan fingerprint density at radius 1 is 1.25 bits per heavy atom. The molecule has 4 nitrogen and oxygen atoms in total. The van der Waals surface area contributed by atoms with Gasteiger partial charge in [-0.3, -0.25) is 4.89 Å². The number of carbonyl (C=O) groups excluding carboxylic acids is 1. The van der Waals surface area contributed by atoms with Gasteiger partial charge in [-0.2, -0.15) is 4.89 Å². The molecule has 0 N–H and O–H groups in total. The van der Waals surface area contributed by atoms with E-state index in [1.165, 1.54) is 0 Å². The van der Waals surface area contributed by atoms with Gasteiger partial charge in [-0.1, -0.05) is 31.0 Å². The van der Waals surface area contributed by atoms with Crippen LogP contribution in [0.3, 0.4) is 0 Å². The summed E-state index contributed by atoms with van der Waals surface area (Å²) in [6.07, 6.45) is 0.980. The molecule has 0 atom stereocenters. The van der Waals surface area contributed by atoms with E-state index in [0.29, 0.717) is 12.4 Å². The van der Waals surface area contributed by atoms with Crippen molar-refractivity contribution >= 4 is 6.16 Å². The van der Waals surface area contributed by atoms with E-state index < -0.39 is 6.16 Å². The van der Waals surface area contributed by atoms with Gasteiger partial charge in [0.25, 0.3) is 0 Å². The molecule has 0 amide bonds. The van der Waals surface area contributed by atoms with Crippen LogP contribution in [0, 0.1) is 6.92 Å². The lowest BCUT2D eigenvalue weighted by molar-refractivity contribution is -0.249. The first-order valence-electron chi connectivity index (χ1n) is 5.30. The molecule has 0 aliphatic heterocycles. The van der Waals surface area contributed by atoms with Crippen molar-refractivity contribution in [3.8, 4) is 5.75 Å². The van der Waals surface area contributed by atoms with Gasteiger partial charge in [0.2, 0.25) is 0 Å². The second-order valence-electron chi connectivity index (χ2n) is 3.42. The molecule has 0 unspecified atom stereocenters. The molecule has 16 heavy (non-hydrogen) atoms. The summed E-state index contributed by atoms with van der Waals surface area (Å²) in [4.78, 5) is 20.2. The van der Waals surface area contributed by atoms with Crippen LogP contribution < -0.4 is 4.74 Å². The van der Waals surface area contributed by atoms with Gasteiger partial charge in [0.15, 0.2) is 0 Å². The Labute approximate surface area is 95.1 Å². The van der Waals surface area contributed by atoms with E-state index in [9.17, 15) is 4.79 Å². The molecular formula is C12H16O4. The van der Waals surface area contributed by atoms with Gasteiger partial charge in [-0.05, 0) is 25.5 Å². The molecule has 1 aromatic carbocycles. The van der Waals surface area contributed by atoms with Crippen molar-refractivity contribution in [3.05, 3.63) is 29.8 Å². The Hall–Kier alpha value is -1.55. The second kappa shape index (κ2) is 6.85. The van der Waals surface area contributed by atoms with Crippen LogP contribution in [0.2, 0.25) is 0 Å². The predicted molar refractivity (Wildman–Crippen MR) is 59.1 cm³/mol. The molecule has 1 rings (SSSR count). The summed E-state index contributed by atoms with van der Waals surface area (Å²) in [6, 6.07) is 7.09. The Bertz CT molecular complexity index is 318. The van der Waals surface area contributed by atoms with Gasteiger partial charge < -0.3 is 4.74 Å². The Morgan fingerprint density at radius 3 is 2.56 bits per heavy atom. The van der Waals surface area contributed by atoms with Gasteiger partial charge >= 0.3 is 6.16 Å². The van der Waals surface area contributed by atoms with Gasteiger partial charge in [0.1, 0.15) is 5.75 Å². The normalized spacial score (nSPS) is 9.88. The third kappa shape index (κ3) is 4.79. The van der Waals surface area contributed by atoms with Crippen LogP contribution in [-0.2, 0) is 9.78 Å². The fraction of sp³-hybridized carbons (Fsp3) is 0.417. The summed E-state index contributed by atoms with van der Waals surface area (Å²) >= 11 is 0. The molecule has 88 valence electrons. The van der Waals surface area contributed by atoms with Crippen molar-refractivity contribution in [1.82, 2.24) is 0 Å². The highest BCUT2D eigenvalue weighted by atomic mass is 17.2. The van der Waals surface area contributed by atoms with Crippen LogP contribution in [0.4, 0.5) is 4.79 Å². The quantitative estimate of drug-likeness (QED) is 0.253. The van der Waals surface area contributed by atoms with Crippen molar-refractivity contribution in [1.29, 1.82) is 0 Å². The molecule has 0 spiro atoms. The summed E-state index contributed by atoms with van der Waals surface area (Å²) in [5.41, 5.74) is 1.10. The number of benzene rings is 1. The number of ether oxygens (including phenoxy) is 1. The van der Waals surface area contributed by atoms with Crippen LogP contribution in [0.25, 0.3) is 0 Å². The molecule has 0 aliphatic carbocycles. The summed E-state index contributed by atoms with van der Waals surface area (Å²) in [6.45, 7) is 4.36. The Morgan fingerprint density at radius 2 is 1.94 bits per heavy atom. The average Bonchev–Trinajstić information content (AvgIpc) is 2.28. The van der Waals surface area contributed by atoms with E-state index in [1.807, 2.05) is 26.0 Å². The number of rotatable bonds is 5. The number of hydrogen-bond acceptors (Lipinski definition) is 4. The average molecular weight is 224 g/mol. The number of aryl methyl sites for hydroxylation is 1. The highest BCUT2D eigenvalue weighted by molar-refractivity contribution is 5.63. The molecule has 0 saturated heterocycles. The summed E-state index contributed by atoms with van der Waals surface area (Å²) in [7, 11) is 0. The van der Waals surface area contributed by atoms with E-state index in [1.54, 1.807) is 12.1 Å². The summed E-state index contributed by atoms with van der Waals surface area (Å²) in [5.74, 6) is 0.440. The van der Waals surface area contributed by atoms with Crippen molar-refractivity contribution in [2.24, 2.45) is 0 Å². The molecule has 0 aromatic heterocycles. The van der Waals surface area contributed by atoms with E-state index in [4.69, 9.17) is 4.74 Å². The molecule has 0 saturated carbocycles.